The zero-order valence-electron chi connectivity index (χ0n) is 20.5. The number of sulfonamides is 1. The molecule has 9 heteroatoms. The van der Waals surface area contributed by atoms with Crippen molar-refractivity contribution in [1.82, 2.24) is 5.32 Å². The number of rotatable bonds is 10. The first-order valence-electron chi connectivity index (χ1n) is 10.9. The second kappa shape index (κ2) is 11.1. The van der Waals surface area contributed by atoms with Crippen molar-refractivity contribution in [1.29, 1.82) is 0 Å². The van der Waals surface area contributed by atoms with Gasteiger partial charge in [-0.15, -0.1) is 0 Å². The monoisotopic (exact) mass is 498 g/mol. The number of ether oxygens (including phenoxy) is 3. The number of aryl methyl sites for hydroxylation is 2. The molecule has 3 aromatic carbocycles. The van der Waals surface area contributed by atoms with E-state index in [2.05, 4.69) is 5.32 Å². The second-order valence-electron chi connectivity index (χ2n) is 7.90. The number of benzene rings is 3. The third-order valence-electron chi connectivity index (χ3n) is 5.61. The molecule has 1 amide bonds. The van der Waals surface area contributed by atoms with Crippen molar-refractivity contribution in [3.63, 3.8) is 0 Å². The molecule has 0 aliphatic rings. The highest BCUT2D eigenvalue weighted by molar-refractivity contribution is 7.92. The molecule has 0 aromatic heterocycles. The molecule has 0 radical (unpaired) electrons. The van der Waals surface area contributed by atoms with Gasteiger partial charge in [0.05, 0.1) is 31.9 Å². The van der Waals surface area contributed by atoms with Gasteiger partial charge in [0.15, 0.2) is 11.5 Å². The van der Waals surface area contributed by atoms with Gasteiger partial charge in [0.1, 0.15) is 6.54 Å². The van der Waals surface area contributed by atoms with Gasteiger partial charge in [-0.2, -0.15) is 0 Å². The molecule has 0 fully saturated rings. The van der Waals surface area contributed by atoms with Gasteiger partial charge in [-0.3, -0.25) is 9.10 Å². The van der Waals surface area contributed by atoms with E-state index in [1.54, 1.807) is 42.5 Å². The van der Waals surface area contributed by atoms with E-state index < -0.39 is 15.9 Å². The molecule has 0 atom stereocenters. The van der Waals surface area contributed by atoms with E-state index >= 15 is 0 Å². The van der Waals surface area contributed by atoms with Crippen LogP contribution in [0.4, 0.5) is 5.69 Å². The predicted octanol–water partition coefficient (Wildman–Crippen LogP) is 3.84. The van der Waals surface area contributed by atoms with Gasteiger partial charge in [0, 0.05) is 6.54 Å². The molecule has 8 nitrogen and oxygen atoms in total. The van der Waals surface area contributed by atoms with Crippen LogP contribution in [0.1, 0.15) is 16.7 Å². The molecule has 35 heavy (non-hydrogen) atoms. The van der Waals surface area contributed by atoms with E-state index in [-0.39, 0.29) is 18.0 Å². The summed E-state index contributed by atoms with van der Waals surface area (Å²) in [6.45, 7) is 3.60. The largest absolute Gasteiger partial charge is 0.493 e. The summed E-state index contributed by atoms with van der Waals surface area (Å²) in [6, 6.07) is 16.8. The second-order valence-corrected chi connectivity index (χ2v) is 9.77. The molecule has 0 aliphatic carbocycles. The molecule has 0 unspecified atom stereocenters. The highest BCUT2D eigenvalue weighted by Gasteiger charge is 2.27. The third-order valence-corrected chi connectivity index (χ3v) is 7.40. The Labute approximate surface area is 206 Å². The van der Waals surface area contributed by atoms with Crippen LogP contribution in [0, 0.1) is 13.8 Å². The average molecular weight is 499 g/mol. The Kier molecular flexibility index (Phi) is 8.24. The summed E-state index contributed by atoms with van der Waals surface area (Å²) in [7, 11) is 0.553. The predicted molar refractivity (Wildman–Crippen MR) is 135 cm³/mol. The summed E-state index contributed by atoms with van der Waals surface area (Å²) in [6.07, 6.45) is 0. The van der Waals surface area contributed by atoms with Gasteiger partial charge in [-0.1, -0.05) is 24.3 Å². The minimum atomic E-state index is -3.98. The summed E-state index contributed by atoms with van der Waals surface area (Å²) < 4.78 is 44.1. The number of methoxy groups -OCH3 is 3. The fourth-order valence-corrected chi connectivity index (χ4v) is 4.97. The van der Waals surface area contributed by atoms with Gasteiger partial charge in [-0.05, 0) is 66.9 Å². The van der Waals surface area contributed by atoms with Gasteiger partial charge in [0.2, 0.25) is 11.7 Å². The van der Waals surface area contributed by atoms with Crippen molar-refractivity contribution in [2.45, 2.75) is 25.3 Å². The highest BCUT2D eigenvalue weighted by atomic mass is 32.2. The number of amides is 1. The van der Waals surface area contributed by atoms with Gasteiger partial charge in [0.25, 0.3) is 10.0 Å². The Balaban J connectivity index is 1.87. The number of anilines is 1. The molecule has 0 aliphatic heterocycles. The standard InChI is InChI=1S/C26H30N2O6S/c1-18-11-12-21(13-19(18)2)28(35(30,31)22-9-7-6-8-10-22)17-25(29)27-16-20-14-23(32-3)26(34-5)24(15-20)33-4/h6-15H,16-17H2,1-5H3,(H,27,29). The third kappa shape index (κ3) is 5.86. The van der Waals surface area contributed by atoms with Gasteiger partial charge in [-0.25, -0.2) is 8.42 Å². The molecular formula is C26H30N2O6S. The normalized spacial score (nSPS) is 11.0. The maximum absolute atomic E-state index is 13.5. The molecule has 3 aromatic rings. The number of hydrogen-bond acceptors (Lipinski definition) is 6. The maximum Gasteiger partial charge on any atom is 0.264 e. The van der Waals surface area contributed by atoms with E-state index in [0.29, 0.717) is 28.5 Å². The molecular weight excluding hydrogens is 468 g/mol. The van der Waals surface area contributed by atoms with Crippen LogP contribution in [-0.4, -0.2) is 42.2 Å². The summed E-state index contributed by atoms with van der Waals surface area (Å²) in [5.41, 5.74) is 3.07. The highest BCUT2D eigenvalue weighted by Crippen LogP contribution is 2.38. The van der Waals surface area contributed by atoms with Crippen molar-refractivity contribution < 1.29 is 27.4 Å². The van der Waals surface area contributed by atoms with Gasteiger partial charge >= 0.3 is 0 Å². The van der Waals surface area contributed by atoms with Crippen LogP contribution in [0.5, 0.6) is 17.2 Å². The van der Waals surface area contributed by atoms with E-state index in [4.69, 9.17) is 14.2 Å². The Morgan fingerprint density at radius 2 is 1.49 bits per heavy atom. The number of nitrogens with zero attached hydrogens (tertiary/aromatic N) is 1. The molecule has 0 heterocycles. The number of nitrogens with one attached hydrogen (secondary N) is 1. The summed E-state index contributed by atoms with van der Waals surface area (Å²) in [5, 5.41) is 2.79. The minimum Gasteiger partial charge on any atom is -0.493 e. The van der Waals surface area contributed by atoms with E-state index in [0.717, 1.165) is 15.4 Å². The van der Waals surface area contributed by atoms with Crippen molar-refractivity contribution in [3.05, 3.63) is 77.4 Å². The Hall–Kier alpha value is -3.72. The number of carbonyl (C=O) groups excluding carboxylic acids is 1. The molecule has 0 bridgehead atoms. The van der Waals surface area contributed by atoms with Gasteiger partial charge < -0.3 is 19.5 Å². The lowest BCUT2D eigenvalue weighted by molar-refractivity contribution is -0.119. The first-order chi connectivity index (χ1) is 16.7. The zero-order valence-corrected chi connectivity index (χ0v) is 21.3. The quantitative estimate of drug-likeness (QED) is 0.457. The van der Waals surface area contributed by atoms with Crippen molar-refractivity contribution >= 4 is 21.6 Å². The first kappa shape index (κ1) is 25.9. The van der Waals surface area contributed by atoms with Crippen LogP contribution < -0.4 is 23.8 Å². The van der Waals surface area contributed by atoms with Crippen LogP contribution in [0.15, 0.2) is 65.6 Å². The smallest absolute Gasteiger partial charge is 0.264 e. The van der Waals surface area contributed by atoms with E-state index in [1.165, 1.54) is 33.5 Å². The van der Waals surface area contributed by atoms with E-state index in [1.807, 2.05) is 19.9 Å². The Morgan fingerprint density at radius 1 is 0.857 bits per heavy atom. The molecule has 0 saturated carbocycles. The summed E-state index contributed by atoms with van der Waals surface area (Å²) >= 11 is 0. The summed E-state index contributed by atoms with van der Waals surface area (Å²) in [4.78, 5) is 13.1. The Morgan fingerprint density at radius 3 is 2.03 bits per heavy atom. The fourth-order valence-electron chi connectivity index (χ4n) is 3.54. The lowest BCUT2D eigenvalue weighted by Crippen LogP contribution is -2.40. The van der Waals surface area contributed by atoms with Crippen LogP contribution in [0.25, 0.3) is 0 Å². The maximum atomic E-state index is 13.5. The van der Waals surface area contributed by atoms with Crippen molar-refractivity contribution in [3.8, 4) is 17.2 Å². The molecule has 1 N–H and O–H groups in total. The minimum absolute atomic E-state index is 0.107. The van der Waals surface area contributed by atoms with Crippen LogP contribution in [-0.2, 0) is 21.4 Å². The molecule has 186 valence electrons. The van der Waals surface area contributed by atoms with Crippen molar-refractivity contribution in [2.24, 2.45) is 0 Å². The van der Waals surface area contributed by atoms with Crippen LogP contribution >= 0.6 is 0 Å². The topological polar surface area (TPSA) is 94.2 Å². The Bertz CT molecular complexity index is 1270. The van der Waals surface area contributed by atoms with Crippen LogP contribution in [0.2, 0.25) is 0 Å². The zero-order chi connectivity index (χ0) is 25.6. The molecule has 0 spiro atoms. The summed E-state index contributed by atoms with van der Waals surface area (Å²) in [5.74, 6) is 0.899. The lowest BCUT2D eigenvalue weighted by atomic mass is 10.1. The number of hydrogen-bond donors (Lipinski definition) is 1. The molecule has 0 saturated heterocycles. The average Bonchev–Trinajstić information content (AvgIpc) is 2.87. The first-order valence-corrected chi connectivity index (χ1v) is 12.4. The molecule has 3 rings (SSSR count). The fraction of sp³-hybridized carbons (Fsp3) is 0.269. The van der Waals surface area contributed by atoms with E-state index in [9.17, 15) is 13.2 Å². The van der Waals surface area contributed by atoms with Crippen molar-refractivity contribution in [2.75, 3.05) is 32.2 Å². The number of carbonyl (C=O) groups is 1. The lowest BCUT2D eigenvalue weighted by Gasteiger charge is -2.25. The SMILES string of the molecule is COc1cc(CNC(=O)CN(c2ccc(C)c(C)c2)S(=O)(=O)c2ccccc2)cc(OC)c1OC. The van der Waals surface area contributed by atoms with Crippen LogP contribution in [0.3, 0.4) is 0 Å².